The van der Waals surface area contributed by atoms with Crippen molar-refractivity contribution in [2.45, 2.75) is 96.5 Å². The smallest absolute Gasteiger partial charge is 0.270 e. The number of nitrogens with zero attached hydrogens (tertiary/aromatic N) is 4. The normalized spacial score (nSPS) is 21.3. The summed E-state index contributed by atoms with van der Waals surface area (Å²) in [5.74, 6) is -1.43. The van der Waals surface area contributed by atoms with Crippen molar-refractivity contribution in [3.63, 3.8) is 0 Å². The molecule has 274 valence electrons. The Labute approximate surface area is 294 Å². The molecule has 2 saturated carbocycles. The number of aldehydes is 1. The molecule has 1 aliphatic heterocycles. The molecule has 0 spiro atoms. The maximum Gasteiger partial charge on any atom is 0.270 e. The van der Waals surface area contributed by atoms with Gasteiger partial charge in [0.15, 0.2) is 6.29 Å². The summed E-state index contributed by atoms with van der Waals surface area (Å²) in [7, 11) is 2.03. The number of piperazine rings is 1. The fourth-order valence-electron chi connectivity index (χ4n) is 7.23. The van der Waals surface area contributed by atoms with Crippen LogP contribution in [0.5, 0.6) is 0 Å². The first-order valence-electron chi connectivity index (χ1n) is 18.1. The second kappa shape index (κ2) is 16.1. The molecule has 1 saturated heterocycles. The number of amides is 3. The molecular formula is C37H54FN7O5. The van der Waals surface area contributed by atoms with Crippen molar-refractivity contribution in [1.82, 2.24) is 30.2 Å². The third-order valence-corrected chi connectivity index (χ3v) is 10.7. The highest BCUT2D eigenvalue weighted by molar-refractivity contribution is 6.01. The maximum atomic E-state index is 15.9. The quantitative estimate of drug-likeness (QED) is 0.214. The number of rotatable bonds is 17. The van der Waals surface area contributed by atoms with Crippen molar-refractivity contribution in [1.29, 1.82) is 0 Å². The number of likely N-dealkylation sites (N-methyl/N-ethyl adjacent to an activating group) is 1. The van der Waals surface area contributed by atoms with Gasteiger partial charge in [0, 0.05) is 57.5 Å². The molecule has 0 radical (unpaired) electrons. The van der Waals surface area contributed by atoms with Gasteiger partial charge in [0.1, 0.15) is 23.2 Å². The summed E-state index contributed by atoms with van der Waals surface area (Å²) < 4.78 is 23.2. The van der Waals surface area contributed by atoms with Gasteiger partial charge in [-0.15, -0.1) is 0 Å². The second-order valence-electron chi connectivity index (χ2n) is 14.6. The first-order chi connectivity index (χ1) is 23.9. The number of aromatic nitrogens is 2. The Hall–Kier alpha value is -3.68. The van der Waals surface area contributed by atoms with Crippen LogP contribution in [-0.2, 0) is 25.7 Å². The van der Waals surface area contributed by atoms with Crippen LogP contribution in [0.25, 0.3) is 0 Å². The van der Waals surface area contributed by atoms with Gasteiger partial charge in [-0.3, -0.25) is 19.1 Å². The van der Waals surface area contributed by atoms with Crippen LogP contribution in [0.15, 0.2) is 30.5 Å². The molecule has 1 aromatic carbocycles. The van der Waals surface area contributed by atoms with Crippen LogP contribution in [0.1, 0.15) is 82.3 Å². The van der Waals surface area contributed by atoms with E-state index in [1.807, 2.05) is 25.8 Å². The minimum absolute atomic E-state index is 0.00254. The SMILES string of the molecule is CCOC(C)(C=O)CN[C@@H](C(=O)N1CCN(C)[C@H](C)C1)[C@@H](C)c1ccc(NC(=O)[C@@H](NC(=O)c2ccnn2CC)C(C2CC2)C2CC2)c(F)c1. The van der Waals surface area contributed by atoms with Crippen LogP contribution < -0.4 is 16.0 Å². The van der Waals surface area contributed by atoms with Crippen LogP contribution in [0, 0.1) is 23.6 Å². The van der Waals surface area contributed by atoms with Crippen molar-refractivity contribution in [2.24, 2.45) is 17.8 Å². The molecule has 5 rings (SSSR count). The van der Waals surface area contributed by atoms with Gasteiger partial charge in [0.25, 0.3) is 5.91 Å². The van der Waals surface area contributed by atoms with Gasteiger partial charge in [-0.25, -0.2) is 4.39 Å². The first kappa shape index (κ1) is 37.6. The van der Waals surface area contributed by atoms with Gasteiger partial charge < -0.3 is 35.3 Å². The van der Waals surface area contributed by atoms with Gasteiger partial charge in [-0.05, 0) is 102 Å². The molecule has 1 aromatic heterocycles. The number of benzene rings is 1. The predicted molar refractivity (Wildman–Crippen MR) is 188 cm³/mol. The Bertz CT molecular complexity index is 1520. The molecule has 3 N–H and O–H groups in total. The van der Waals surface area contributed by atoms with Gasteiger partial charge in [0.05, 0.1) is 11.7 Å². The molecule has 0 bridgehead atoms. The largest absolute Gasteiger partial charge is 0.367 e. The summed E-state index contributed by atoms with van der Waals surface area (Å²) in [6.07, 6.45) is 6.32. The van der Waals surface area contributed by atoms with E-state index in [-0.39, 0.29) is 36.0 Å². The highest BCUT2D eigenvalue weighted by Gasteiger charge is 2.48. The average Bonchev–Trinajstić information content (AvgIpc) is 4.05. The number of aryl methyl sites for hydroxylation is 1. The molecule has 13 heteroatoms. The lowest BCUT2D eigenvalue weighted by atomic mass is 9.88. The molecule has 3 aliphatic rings. The lowest BCUT2D eigenvalue weighted by Crippen LogP contribution is -2.59. The van der Waals surface area contributed by atoms with E-state index in [1.54, 1.807) is 36.9 Å². The van der Waals surface area contributed by atoms with E-state index < -0.39 is 35.3 Å². The highest BCUT2D eigenvalue weighted by Crippen LogP contribution is 2.51. The van der Waals surface area contributed by atoms with Gasteiger partial charge in [-0.1, -0.05) is 13.0 Å². The van der Waals surface area contributed by atoms with Crippen molar-refractivity contribution in [3.8, 4) is 0 Å². The van der Waals surface area contributed by atoms with Crippen molar-refractivity contribution in [2.75, 3.05) is 45.2 Å². The Kier molecular flexibility index (Phi) is 12.1. The molecule has 12 nitrogen and oxygen atoms in total. The summed E-state index contributed by atoms with van der Waals surface area (Å²) in [5, 5.41) is 13.2. The van der Waals surface area contributed by atoms with E-state index in [2.05, 4.69) is 32.9 Å². The fourth-order valence-corrected chi connectivity index (χ4v) is 7.23. The molecule has 3 amide bonds. The van der Waals surface area contributed by atoms with E-state index >= 15 is 4.39 Å². The van der Waals surface area contributed by atoms with Gasteiger partial charge in [-0.2, -0.15) is 5.10 Å². The van der Waals surface area contributed by atoms with E-state index in [9.17, 15) is 19.2 Å². The standard InChI is InChI=1S/C37H54FN7O5/c1-7-45-30(15-16-40-45)34(47)42-33(31(25-9-10-25)26-11-12-26)35(48)41-29-14-13-27(19-28(29)38)24(4)32(39-21-37(5,22-46)50-8-2)36(49)44-18-17-43(6)23(3)20-44/h13-16,19,22-26,31-33,39H,7-12,17-18,20-21H2,1-6H3,(H,41,48)(H,42,47)/t23-,24+,32-,33+,37?/m1/s1. The molecule has 2 aliphatic carbocycles. The first-order valence-corrected chi connectivity index (χ1v) is 18.1. The Balaban J connectivity index is 1.35. The van der Waals surface area contributed by atoms with E-state index in [0.29, 0.717) is 49.3 Å². The number of halogens is 1. The summed E-state index contributed by atoms with van der Waals surface area (Å²) >= 11 is 0. The maximum absolute atomic E-state index is 15.9. The topological polar surface area (TPSA) is 138 Å². The van der Waals surface area contributed by atoms with Gasteiger partial charge >= 0.3 is 0 Å². The Morgan fingerprint density at radius 3 is 2.38 bits per heavy atom. The van der Waals surface area contributed by atoms with Crippen LogP contribution in [-0.4, -0.2) is 107 Å². The van der Waals surface area contributed by atoms with Crippen LogP contribution in [0.4, 0.5) is 10.1 Å². The number of hydrogen-bond acceptors (Lipinski definition) is 8. The summed E-state index contributed by atoms with van der Waals surface area (Å²) in [4.78, 5) is 57.3. The molecule has 3 fully saturated rings. The molecule has 2 heterocycles. The highest BCUT2D eigenvalue weighted by atomic mass is 19.1. The third kappa shape index (κ3) is 8.78. The number of carbonyl (C=O) groups is 4. The van der Waals surface area contributed by atoms with Gasteiger partial charge in [0.2, 0.25) is 11.8 Å². The lowest BCUT2D eigenvalue weighted by Gasteiger charge is -2.40. The minimum atomic E-state index is -1.14. The molecule has 50 heavy (non-hydrogen) atoms. The molecular weight excluding hydrogens is 641 g/mol. The zero-order chi connectivity index (χ0) is 36.2. The minimum Gasteiger partial charge on any atom is -0.367 e. The van der Waals surface area contributed by atoms with E-state index in [4.69, 9.17) is 4.74 Å². The van der Waals surface area contributed by atoms with Crippen LogP contribution >= 0.6 is 0 Å². The second-order valence-corrected chi connectivity index (χ2v) is 14.6. The monoisotopic (exact) mass is 695 g/mol. The Morgan fingerprint density at radius 1 is 1.10 bits per heavy atom. The zero-order valence-corrected chi connectivity index (χ0v) is 30.3. The van der Waals surface area contributed by atoms with E-state index in [1.165, 1.54) is 12.1 Å². The number of hydrogen-bond donors (Lipinski definition) is 3. The zero-order valence-electron chi connectivity index (χ0n) is 30.3. The van der Waals surface area contributed by atoms with Crippen LogP contribution in [0.2, 0.25) is 0 Å². The number of ether oxygens (including phenoxy) is 1. The van der Waals surface area contributed by atoms with Crippen molar-refractivity contribution >= 4 is 29.7 Å². The number of carbonyl (C=O) groups excluding carboxylic acids is 4. The number of nitrogens with one attached hydrogen (secondary N) is 3. The summed E-state index contributed by atoms with van der Waals surface area (Å²) in [6, 6.07) is 4.80. The third-order valence-electron chi connectivity index (χ3n) is 10.7. The molecule has 2 aromatic rings. The summed E-state index contributed by atoms with van der Waals surface area (Å²) in [6.45, 7) is 12.1. The average molecular weight is 696 g/mol. The molecule has 5 atom stereocenters. The molecule has 1 unspecified atom stereocenters. The number of anilines is 1. The summed E-state index contributed by atoms with van der Waals surface area (Å²) in [5.41, 5.74) is -0.200. The van der Waals surface area contributed by atoms with E-state index in [0.717, 1.165) is 38.5 Å². The fraction of sp³-hybridized carbons (Fsp3) is 0.649. The van der Waals surface area contributed by atoms with Crippen molar-refractivity contribution in [3.05, 3.63) is 47.5 Å². The Morgan fingerprint density at radius 2 is 1.80 bits per heavy atom. The van der Waals surface area contributed by atoms with Crippen molar-refractivity contribution < 1.29 is 28.3 Å². The van der Waals surface area contributed by atoms with Crippen LogP contribution in [0.3, 0.4) is 0 Å². The lowest BCUT2D eigenvalue weighted by molar-refractivity contribution is -0.138. The predicted octanol–water partition coefficient (Wildman–Crippen LogP) is 3.43.